The van der Waals surface area contributed by atoms with Gasteiger partial charge in [-0.2, -0.15) is 0 Å². The van der Waals surface area contributed by atoms with Gasteiger partial charge in [0.25, 0.3) is 0 Å². The Morgan fingerprint density at radius 1 is 1.24 bits per heavy atom. The fourth-order valence-corrected chi connectivity index (χ4v) is 5.49. The van der Waals surface area contributed by atoms with Crippen LogP contribution in [0.25, 0.3) is 11.1 Å². The molecule has 0 bridgehead atoms. The van der Waals surface area contributed by atoms with Crippen LogP contribution in [0.3, 0.4) is 0 Å². The molecule has 2 aromatic carbocycles. The number of halogens is 1. The number of amides is 2. The lowest BCUT2D eigenvalue weighted by Crippen LogP contribution is -2.68. The first-order valence-electron chi connectivity index (χ1n) is 13.0. The minimum absolute atomic E-state index is 0.0515. The van der Waals surface area contributed by atoms with Gasteiger partial charge in [-0.3, -0.25) is 0 Å². The summed E-state index contributed by atoms with van der Waals surface area (Å²) in [5.41, 5.74) is -0.444. The van der Waals surface area contributed by atoms with Crippen molar-refractivity contribution in [2.24, 2.45) is 0 Å². The van der Waals surface area contributed by atoms with Crippen LogP contribution < -0.4 is 5.32 Å². The van der Waals surface area contributed by atoms with E-state index in [1.807, 2.05) is 31.2 Å². The fourth-order valence-electron chi connectivity index (χ4n) is 5.49. The normalized spacial score (nSPS) is 22.4. The molecule has 2 atom stereocenters. The van der Waals surface area contributed by atoms with Crippen molar-refractivity contribution in [3.8, 4) is 11.1 Å². The van der Waals surface area contributed by atoms with Gasteiger partial charge in [0.2, 0.25) is 0 Å². The number of alkyl carbamates (subject to hydrolysis) is 1. The number of rotatable bonds is 6. The Bertz CT molecular complexity index is 1210. The summed E-state index contributed by atoms with van der Waals surface area (Å²) in [6.45, 7) is 8.19. The van der Waals surface area contributed by atoms with E-state index >= 15 is 4.39 Å². The van der Waals surface area contributed by atoms with E-state index in [1.54, 1.807) is 26.8 Å². The molecule has 2 aromatic rings. The second-order valence-electron chi connectivity index (χ2n) is 10.9. The first kappa shape index (κ1) is 27.9. The van der Waals surface area contributed by atoms with Gasteiger partial charge in [-0.15, -0.1) is 0 Å². The van der Waals surface area contributed by atoms with Gasteiger partial charge >= 0.3 is 12.2 Å². The minimum Gasteiger partial charge on any atom is -0.453 e. The molecule has 9 heteroatoms. The Kier molecular flexibility index (Phi) is 7.72. The van der Waals surface area contributed by atoms with E-state index in [1.165, 1.54) is 18.1 Å². The van der Waals surface area contributed by atoms with E-state index in [9.17, 15) is 14.7 Å². The van der Waals surface area contributed by atoms with Gasteiger partial charge in [0, 0.05) is 24.2 Å². The zero-order valence-electron chi connectivity index (χ0n) is 22.7. The summed E-state index contributed by atoms with van der Waals surface area (Å²) in [4.78, 5) is 26.1. The second kappa shape index (κ2) is 10.5. The van der Waals surface area contributed by atoms with Gasteiger partial charge in [-0.25, -0.2) is 14.0 Å². The van der Waals surface area contributed by atoms with E-state index in [2.05, 4.69) is 10.1 Å². The van der Waals surface area contributed by atoms with Gasteiger partial charge in [0.05, 0.1) is 20.3 Å². The number of nitrogens with one attached hydrogen (secondary N) is 1. The zero-order chi connectivity index (χ0) is 27.7. The summed E-state index contributed by atoms with van der Waals surface area (Å²) in [6, 6.07) is 10.6. The molecule has 2 aliphatic rings. The van der Waals surface area contributed by atoms with Crippen LogP contribution >= 0.6 is 0 Å². The third-order valence-electron chi connectivity index (χ3n) is 7.24. The van der Waals surface area contributed by atoms with E-state index < -0.39 is 34.8 Å². The number of methoxy groups -OCH3 is 1. The maximum absolute atomic E-state index is 15.5. The van der Waals surface area contributed by atoms with Gasteiger partial charge in [0.15, 0.2) is 0 Å². The molecule has 1 heterocycles. The summed E-state index contributed by atoms with van der Waals surface area (Å²) < 4.78 is 32.0. The number of hydrogen-bond donors (Lipinski definition) is 2. The summed E-state index contributed by atoms with van der Waals surface area (Å²) in [6.07, 6.45) is 0.241. The lowest BCUT2D eigenvalue weighted by Gasteiger charge is -2.60. The Morgan fingerprint density at radius 2 is 2.00 bits per heavy atom. The summed E-state index contributed by atoms with van der Waals surface area (Å²) in [7, 11) is 1.28. The average molecular weight is 529 g/mol. The minimum atomic E-state index is -1.62. The number of nitrogens with zero attached hydrogens (tertiary/aromatic N) is 1. The molecule has 2 amide bonds. The molecule has 0 radical (unpaired) electrons. The lowest BCUT2D eigenvalue weighted by atomic mass is 9.56. The molecule has 8 nitrogen and oxygen atoms in total. The van der Waals surface area contributed by atoms with Crippen LogP contribution in [0.1, 0.15) is 57.2 Å². The number of benzene rings is 2. The number of aliphatic hydroxyl groups is 1. The molecule has 1 aliphatic heterocycles. The van der Waals surface area contributed by atoms with Crippen molar-refractivity contribution < 1.29 is 33.3 Å². The highest BCUT2D eigenvalue weighted by Crippen LogP contribution is 2.61. The van der Waals surface area contributed by atoms with Crippen molar-refractivity contribution >= 4 is 12.2 Å². The summed E-state index contributed by atoms with van der Waals surface area (Å²) >= 11 is 0. The molecule has 1 fully saturated rings. The smallest absolute Gasteiger partial charge is 0.410 e. The highest BCUT2D eigenvalue weighted by atomic mass is 19.1. The Balaban J connectivity index is 1.77. The van der Waals surface area contributed by atoms with Crippen LogP contribution in [0.2, 0.25) is 0 Å². The van der Waals surface area contributed by atoms with Crippen LogP contribution in [0.4, 0.5) is 14.0 Å². The molecular weight excluding hydrogens is 491 g/mol. The Morgan fingerprint density at radius 3 is 2.68 bits per heavy atom. The van der Waals surface area contributed by atoms with Crippen molar-refractivity contribution in [3.05, 3.63) is 58.9 Å². The van der Waals surface area contributed by atoms with Crippen molar-refractivity contribution in [1.82, 2.24) is 10.2 Å². The summed E-state index contributed by atoms with van der Waals surface area (Å²) in [5, 5.41) is 15.0. The zero-order valence-corrected chi connectivity index (χ0v) is 22.7. The van der Waals surface area contributed by atoms with E-state index in [-0.39, 0.29) is 26.1 Å². The predicted molar refractivity (Wildman–Crippen MR) is 140 cm³/mol. The first-order valence-corrected chi connectivity index (χ1v) is 13.0. The number of fused-ring (bicyclic) bond motifs is 2. The molecule has 0 aromatic heterocycles. The molecule has 1 aliphatic carbocycles. The van der Waals surface area contributed by atoms with Gasteiger partial charge < -0.3 is 29.5 Å². The quantitative estimate of drug-likeness (QED) is 0.520. The SMILES string of the molecule is CCc1cccc(-c2c(F)ccc3c2[C@](O)(CCCNC(=O)OC)[C@]32CN(C(=O)OC(C)(C)C)CCO2)c1. The van der Waals surface area contributed by atoms with Crippen molar-refractivity contribution in [2.75, 3.05) is 33.4 Å². The van der Waals surface area contributed by atoms with Crippen LogP contribution in [0.15, 0.2) is 36.4 Å². The lowest BCUT2D eigenvalue weighted by molar-refractivity contribution is -0.253. The van der Waals surface area contributed by atoms with E-state index in [0.29, 0.717) is 35.2 Å². The molecule has 2 N–H and O–H groups in total. The van der Waals surface area contributed by atoms with Gasteiger partial charge in [-0.1, -0.05) is 37.3 Å². The molecule has 4 rings (SSSR count). The molecular formula is C29H37FN2O6. The van der Waals surface area contributed by atoms with Crippen molar-refractivity contribution in [1.29, 1.82) is 0 Å². The number of hydrogen-bond acceptors (Lipinski definition) is 6. The molecule has 0 unspecified atom stereocenters. The molecule has 0 saturated carbocycles. The largest absolute Gasteiger partial charge is 0.453 e. The molecule has 1 spiro atoms. The van der Waals surface area contributed by atoms with Crippen LogP contribution in [-0.2, 0) is 31.8 Å². The van der Waals surface area contributed by atoms with Crippen LogP contribution in [-0.4, -0.2) is 61.1 Å². The molecule has 1 saturated heterocycles. The number of morpholine rings is 1. The van der Waals surface area contributed by atoms with E-state index in [4.69, 9.17) is 9.47 Å². The van der Waals surface area contributed by atoms with Crippen molar-refractivity contribution in [3.63, 3.8) is 0 Å². The number of aryl methyl sites for hydroxylation is 1. The fraction of sp³-hybridized carbons (Fsp3) is 0.517. The topological polar surface area (TPSA) is 97.3 Å². The third-order valence-corrected chi connectivity index (χ3v) is 7.24. The molecule has 38 heavy (non-hydrogen) atoms. The standard InChI is InChI=1S/C29H37FN2O6/c1-6-19-9-7-10-20(17-19)23-22(30)12-11-21-24(23)28(35,13-8-14-31-25(33)36-5)29(21)18-32(15-16-37-29)26(34)38-27(2,3)4/h7,9-12,17,35H,6,8,13-16,18H2,1-5H3,(H,31,33)/t28-,29+/m1/s1. The predicted octanol–water partition coefficient (Wildman–Crippen LogP) is 4.86. The number of carbonyl (C=O) groups is 2. The number of carbonyl (C=O) groups excluding carboxylic acids is 2. The van der Waals surface area contributed by atoms with Gasteiger partial charge in [-0.05, 0) is 62.8 Å². The van der Waals surface area contributed by atoms with E-state index in [0.717, 1.165) is 12.0 Å². The molecule has 206 valence electrons. The maximum atomic E-state index is 15.5. The Labute approximate surface area is 223 Å². The highest BCUT2D eigenvalue weighted by molar-refractivity contribution is 5.77. The maximum Gasteiger partial charge on any atom is 0.410 e. The van der Waals surface area contributed by atoms with Crippen LogP contribution in [0, 0.1) is 5.82 Å². The van der Waals surface area contributed by atoms with Gasteiger partial charge in [0.1, 0.15) is 22.6 Å². The first-order chi connectivity index (χ1) is 18.0. The second-order valence-corrected chi connectivity index (χ2v) is 10.9. The highest BCUT2D eigenvalue weighted by Gasteiger charge is 2.66. The van der Waals surface area contributed by atoms with Crippen LogP contribution in [0.5, 0.6) is 0 Å². The van der Waals surface area contributed by atoms with Crippen molar-refractivity contribution in [2.45, 2.75) is 63.8 Å². The third kappa shape index (κ3) is 4.97. The Hall–Kier alpha value is -3.17. The average Bonchev–Trinajstić information content (AvgIpc) is 2.89. The summed E-state index contributed by atoms with van der Waals surface area (Å²) in [5.74, 6) is -0.447. The number of ether oxygens (including phenoxy) is 3. The monoisotopic (exact) mass is 528 g/mol.